The molecule has 4 rings (SSSR count). The Labute approximate surface area is 142 Å². The van der Waals surface area contributed by atoms with Crippen LogP contribution in [0.3, 0.4) is 0 Å². The molecule has 2 heterocycles. The van der Waals surface area contributed by atoms with Crippen LogP contribution in [0.2, 0.25) is 0 Å². The predicted octanol–water partition coefficient (Wildman–Crippen LogP) is 2.36. The van der Waals surface area contributed by atoms with E-state index in [9.17, 15) is 4.79 Å². The van der Waals surface area contributed by atoms with Crippen molar-refractivity contribution in [1.82, 2.24) is 19.8 Å². The molecule has 5 nitrogen and oxygen atoms in total. The minimum atomic E-state index is 0.350. The van der Waals surface area contributed by atoms with Gasteiger partial charge in [-0.05, 0) is 43.4 Å². The SMILES string of the molecule is O=C(C1CC1)N1CCC(NCc2ccc(-n3ccnc3)cc2)CC1. The van der Waals surface area contributed by atoms with Gasteiger partial charge in [-0.3, -0.25) is 4.79 Å². The Hall–Kier alpha value is -2.14. The van der Waals surface area contributed by atoms with Gasteiger partial charge >= 0.3 is 0 Å². The molecule has 0 unspecified atom stereocenters. The van der Waals surface area contributed by atoms with E-state index in [2.05, 4.69) is 39.5 Å². The van der Waals surface area contributed by atoms with Crippen LogP contribution in [0.15, 0.2) is 43.0 Å². The van der Waals surface area contributed by atoms with Gasteiger partial charge in [-0.25, -0.2) is 4.98 Å². The van der Waals surface area contributed by atoms with Crippen molar-refractivity contribution >= 4 is 5.91 Å². The molecule has 0 bridgehead atoms. The molecule has 1 amide bonds. The van der Waals surface area contributed by atoms with Crippen LogP contribution in [-0.4, -0.2) is 39.5 Å². The molecule has 1 saturated carbocycles. The van der Waals surface area contributed by atoms with Gasteiger partial charge in [0, 0.05) is 49.7 Å². The third-order valence-corrected chi connectivity index (χ3v) is 5.07. The van der Waals surface area contributed by atoms with Crippen molar-refractivity contribution in [3.05, 3.63) is 48.5 Å². The first-order chi connectivity index (χ1) is 11.8. The Morgan fingerprint density at radius 1 is 1.12 bits per heavy atom. The van der Waals surface area contributed by atoms with Gasteiger partial charge in [-0.1, -0.05) is 12.1 Å². The molecule has 0 atom stereocenters. The van der Waals surface area contributed by atoms with Crippen molar-refractivity contribution in [2.45, 2.75) is 38.3 Å². The van der Waals surface area contributed by atoms with Crippen LogP contribution >= 0.6 is 0 Å². The molecule has 1 aliphatic heterocycles. The lowest BCUT2D eigenvalue weighted by Crippen LogP contribution is -2.45. The van der Waals surface area contributed by atoms with E-state index in [4.69, 9.17) is 0 Å². The molecule has 0 spiro atoms. The molecule has 2 aliphatic rings. The molecule has 1 saturated heterocycles. The lowest BCUT2D eigenvalue weighted by molar-refractivity contribution is -0.133. The summed E-state index contributed by atoms with van der Waals surface area (Å²) in [5, 5.41) is 3.64. The lowest BCUT2D eigenvalue weighted by atomic mass is 10.0. The molecule has 5 heteroatoms. The van der Waals surface area contributed by atoms with Crippen LogP contribution in [-0.2, 0) is 11.3 Å². The lowest BCUT2D eigenvalue weighted by Gasteiger charge is -2.32. The number of aromatic nitrogens is 2. The summed E-state index contributed by atoms with van der Waals surface area (Å²) < 4.78 is 2.00. The van der Waals surface area contributed by atoms with E-state index in [-0.39, 0.29) is 0 Å². The average molecular weight is 324 g/mol. The maximum absolute atomic E-state index is 12.1. The van der Waals surface area contributed by atoms with E-state index in [0.29, 0.717) is 17.9 Å². The number of carbonyl (C=O) groups excluding carboxylic acids is 1. The fourth-order valence-electron chi connectivity index (χ4n) is 3.35. The van der Waals surface area contributed by atoms with Crippen molar-refractivity contribution in [2.75, 3.05) is 13.1 Å². The highest BCUT2D eigenvalue weighted by atomic mass is 16.2. The van der Waals surface area contributed by atoms with Gasteiger partial charge in [0.1, 0.15) is 0 Å². The van der Waals surface area contributed by atoms with Crippen molar-refractivity contribution in [1.29, 1.82) is 0 Å². The summed E-state index contributed by atoms with van der Waals surface area (Å²) in [6.07, 6.45) is 9.87. The number of nitrogens with zero attached hydrogens (tertiary/aromatic N) is 3. The maximum Gasteiger partial charge on any atom is 0.225 e. The summed E-state index contributed by atoms with van der Waals surface area (Å²) in [5.74, 6) is 0.743. The fourth-order valence-corrected chi connectivity index (χ4v) is 3.35. The van der Waals surface area contributed by atoms with Gasteiger partial charge in [-0.2, -0.15) is 0 Å². The molecular formula is C19H24N4O. The summed E-state index contributed by atoms with van der Waals surface area (Å²) in [7, 11) is 0. The van der Waals surface area contributed by atoms with E-state index in [1.807, 2.05) is 17.1 Å². The summed E-state index contributed by atoms with van der Waals surface area (Å²) in [5.41, 5.74) is 2.42. The van der Waals surface area contributed by atoms with Gasteiger partial charge in [0.05, 0.1) is 6.33 Å². The highest BCUT2D eigenvalue weighted by Crippen LogP contribution is 2.31. The summed E-state index contributed by atoms with van der Waals surface area (Å²) >= 11 is 0. The van der Waals surface area contributed by atoms with Crippen LogP contribution in [0.1, 0.15) is 31.2 Å². The van der Waals surface area contributed by atoms with Gasteiger partial charge in [0.2, 0.25) is 5.91 Å². The van der Waals surface area contributed by atoms with Gasteiger partial charge in [0.15, 0.2) is 0 Å². The van der Waals surface area contributed by atoms with Crippen LogP contribution in [0.25, 0.3) is 5.69 Å². The average Bonchev–Trinajstić information content (AvgIpc) is 3.34. The number of amides is 1. The number of likely N-dealkylation sites (tertiary alicyclic amines) is 1. The van der Waals surface area contributed by atoms with Crippen molar-refractivity contribution in [3.8, 4) is 5.69 Å². The Morgan fingerprint density at radius 2 is 1.88 bits per heavy atom. The highest BCUT2D eigenvalue weighted by Gasteiger charge is 2.34. The molecule has 1 aromatic heterocycles. The number of imidazole rings is 1. The molecule has 1 aromatic carbocycles. The normalized spacial score (nSPS) is 18.8. The molecule has 2 aromatic rings. The number of piperidine rings is 1. The van der Waals surface area contributed by atoms with E-state index >= 15 is 0 Å². The zero-order valence-electron chi connectivity index (χ0n) is 13.9. The van der Waals surface area contributed by atoms with Gasteiger partial charge in [-0.15, -0.1) is 0 Å². The Morgan fingerprint density at radius 3 is 2.50 bits per heavy atom. The second kappa shape index (κ2) is 6.77. The number of hydrogen-bond acceptors (Lipinski definition) is 3. The minimum Gasteiger partial charge on any atom is -0.342 e. The van der Waals surface area contributed by atoms with E-state index in [1.165, 1.54) is 5.56 Å². The first-order valence-electron chi connectivity index (χ1n) is 8.89. The summed E-state index contributed by atoms with van der Waals surface area (Å²) in [4.78, 5) is 18.2. The van der Waals surface area contributed by atoms with Crippen LogP contribution in [0.5, 0.6) is 0 Å². The van der Waals surface area contributed by atoms with E-state index in [1.54, 1.807) is 6.20 Å². The highest BCUT2D eigenvalue weighted by molar-refractivity contribution is 5.81. The smallest absolute Gasteiger partial charge is 0.225 e. The largest absolute Gasteiger partial charge is 0.342 e. The molecule has 2 fully saturated rings. The zero-order valence-corrected chi connectivity index (χ0v) is 13.9. The van der Waals surface area contributed by atoms with Crippen molar-refractivity contribution in [3.63, 3.8) is 0 Å². The summed E-state index contributed by atoms with van der Waals surface area (Å²) in [6, 6.07) is 9.08. The molecule has 1 aliphatic carbocycles. The third kappa shape index (κ3) is 3.51. The quantitative estimate of drug-likeness (QED) is 0.918. The van der Waals surface area contributed by atoms with Crippen LogP contribution < -0.4 is 5.32 Å². The first kappa shape index (κ1) is 15.4. The Balaban J connectivity index is 1.24. The first-order valence-corrected chi connectivity index (χ1v) is 8.89. The number of benzene rings is 1. The Bertz CT molecular complexity index is 668. The van der Waals surface area contributed by atoms with Gasteiger partial charge in [0.25, 0.3) is 0 Å². The second-order valence-corrected chi connectivity index (χ2v) is 6.89. The number of hydrogen-bond donors (Lipinski definition) is 1. The second-order valence-electron chi connectivity index (χ2n) is 6.89. The maximum atomic E-state index is 12.1. The molecule has 126 valence electrons. The third-order valence-electron chi connectivity index (χ3n) is 5.07. The van der Waals surface area contributed by atoms with Crippen LogP contribution in [0, 0.1) is 5.92 Å². The number of nitrogens with one attached hydrogen (secondary N) is 1. The standard InChI is InChI=1S/C19H24N4O/c24-19(16-3-4-16)22-10-7-17(8-11-22)21-13-15-1-5-18(6-2-15)23-12-9-20-14-23/h1-2,5-6,9,12,14,16-17,21H,3-4,7-8,10-11,13H2. The zero-order chi connectivity index (χ0) is 16.4. The van der Waals surface area contributed by atoms with E-state index < -0.39 is 0 Å². The number of rotatable bonds is 5. The van der Waals surface area contributed by atoms with E-state index in [0.717, 1.165) is 51.0 Å². The van der Waals surface area contributed by atoms with Gasteiger partial charge < -0.3 is 14.8 Å². The van der Waals surface area contributed by atoms with Crippen molar-refractivity contribution < 1.29 is 4.79 Å². The summed E-state index contributed by atoms with van der Waals surface area (Å²) in [6.45, 7) is 2.70. The molecule has 1 N–H and O–H groups in total. The predicted molar refractivity (Wildman–Crippen MR) is 92.7 cm³/mol. The topological polar surface area (TPSA) is 50.2 Å². The minimum absolute atomic E-state index is 0.350. The number of carbonyl (C=O) groups is 1. The van der Waals surface area contributed by atoms with Crippen LogP contribution in [0.4, 0.5) is 0 Å². The fraction of sp³-hybridized carbons (Fsp3) is 0.474. The monoisotopic (exact) mass is 324 g/mol. The molecule has 24 heavy (non-hydrogen) atoms. The molecule has 0 radical (unpaired) electrons. The van der Waals surface area contributed by atoms with Crippen molar-refractivity contribution in [2.24, 2.45) is 5.92 Å². The Kier molecular flexibility index (Phi) is 4.34. The molecular weight excluding hydrogens is 300 g/mol.